The van der Waals surface area contributed by atoms with E-state index in [2.05, 4.69) is 42.9 Å². The highest BCUT2D eigenvalue weighted by Crippen LogP contribution is 2.12. The van der Waals surface area contributed by atoms with Crippen LogP contribution >= 0.6 is 11.8 Å². The Bertz CT molecular complexity index is 215. The lowest BCUT2D eigenvalue weighted by atomic mass is 10.0. The fraction of sp³-hybridized carbons (Fsp3) is 1.00. The summed E-state index contributed by atoms with van der Waals surface area (Å²) < 4.78 is 0. The summed E-state index contributed by atoms with van der Waals surface area (Å²) in [7, 11) is 2.23. The van der Waals surface area contributed by atoms with Crippen LogP contribution in [0.4, 0.5) is 0 Å². The van der Waals surface area contributed by atoms with Crippen LogP contribution in [0.25, 0.3) is 0 Å². The van der Waals surface area contributed by atoms with Gasteiger partial charge in [-0.15, -0.1) is 0 Å². The molecule has 0 bridgehead atoms. The summed E-state index contributed by atoms with van der Waals surface area (Å²) in [6.07, 6.45) is 1.30. The van der Waals surface area contributed by atoms with Crippen molar-refractivity contribution in [1.82, 2.24) is 15.1 Å². The highest BCUT2D eigenvalue weighted by atomic mass is 32.2. The van der Waals surface area contributed by atoms with Gasteiger partial charge in [0.15, 0.2) is 0 Å². The average molecular weight is 288 g/mol. The number of likely N-dealkylation sites (N-methyl/N-ethyl adjacent to an activating group) is 1. The molecule has 3 nitrogen and oxygen atoms in total. The van der Waals surface area contributed by atoms with Crippen molar-refractivity contribution in [2.45, 2.75) is 33.2 Å². The number of hydrogen-bond donors (Lipinski definition) is 1. The van der Waals surface area contributed by atoms with Gasteiger partial charge in [-0.1, -0.05) is 20.8 Å². The normalized spacial score (nSPS) is 20.1. The Balaban J connectivity index is 2.21. The molecule has 1 aliphatic heterocycles. The second kappa shape index (κ2) is 10.0. The Labute approximate surface area is 124 Å². The van der Waals surface area contributed by atoms with Crippen LogP contribution < -0.4 is 5.32 Å². The van der Waals surface area contributed by atoms with Crippen molar-refractivity contribution >= 4 is 11.8 Å². The maximum atomic E-state index is 3.67. The molecule has 1 N–H and O–H groups in total. The van der Waals surface area contributed by atoms with E-state index in [1.165, 1.54) is 50.7 Å². The van der Waals surface area contributed by atoms with E-state index in [0.29, 0.717) is 6.04 Å². The summed E-state index contributed by atoms with van der Waals surface area (Å²) in [5.41, 5.74) is 0. The minimum Gasteiger partial charge on any atom is -0.315 e. The second-order valence-electron chi connectivity index (χ2n) is 5.91. The topological polar surface area (TPSA) is 18.5 Å². The van der Waals surface area contributed by atoms with Gasteiger partial charge < -0.3 is 10.2 Å². The van der Waals surface area contributed by atoms with Gasteiger partial charge in [0.05, 0.1) is 0 Å². The largest absolute Gasteiger partial charge is 0.315 e. The third-order valence-electron chi connectivity index (χ3n) is 3.98. The van der Waals surface area contributed by atoms with E-state index >= 15 is 0 Å². The lowest BCUT2D eigenvalue weighted by Crippen LogP contribution is -2.53. The quantitative estimate of drug-likeness (QED) is 0.654. The summed E-state index contributed by atoms with van der Waals surface area (Å²) in [4.78, 5) is 5.11. The Morgan fingerprint density at radius 2 is 1.84 bits per heavy atom. The summed E-state index contributed by atoms with van der Waals surface area (Å²) in [5, 5.41) is 3.67. The number of hydrogen-bond acceptors (Lipinski definition) is 4. The molecule has 0 radical (unpaired) electrons. The van der Waals surface area contributed by atoms with Crippen molar-refractivity contribution in [3.8, 4) is 0 Å². The third kappa shape index (κ3) is 6.98. The first-order chi connectivity index (χ1) is 9.15. The zero-order valence-electron chi connectivity index (χ0n) is 13.3. The molecule has 1 fully saturated rings. The van der Waals surface area contributed by atoms with Crippen molar-refractivity contribution in [3.05, 3.63) is 0 Å². The maximum Gasteiger partial charge on any atom is 0.0244 e. The molecule has 1 atom stereocenters. The molecule has 4 heteroatoms. The Morgan fingerprint density at radius 1 is 1.16 bits per heavy atom. The molecule has 0 saturated carbocycles. The van der Waals surface area contributed by atoms with Gasteiger partial charge in [0.25, 0.3) is 0 Å². The van der Waals surface area contributed by atoms with E-state index in [4.69, 9.17) is 0 Å². The van der Waals surface area contributed by atoms with Crippen LogP contribution in [0.1, 0.15) is 27.2 Å². The SMILES string of the molecule is CCSCCCNCC(C(C)C)N1CCN(C)CC1. The van der Waals surface area contributed by atoms with E-state index in [9.17, 15) is 0 Å². The first-order valence-corrected chi connectivity index (χ1v) is 9.01. The standard InChI is InChI=1S/C15H33N3S/c1-5-19-12-6-7-16-13-15(14(2)3)18-10-8-17(4)9-11-18/h14-16H,5-13H2,1-4H3. The molecule has 0 aromatic heterocycles. The molecule has 1 rings (SSSR count). The van der Waals surface area contributed by atoms with Crippen LogP contribution in [0.15, 0.2) is 0 Å². The van der Waals surface area contributed by atoms with Crippen molar-refractivity contribution in [2.24, 2.45) is 5.92 Å². The zero-order chi connectivity index (χ0) is 14.1. The minimum absolute atomic E-state index is 0.701. The maximum absolute atomic E-state index is 3.67. The van der Waals surface area contributed by atoms with Crippen LogP contribution in [-0.4, -0.2) is 73.7 Å². The Kier molecular flexibility index (Phi) is 9.12. The van der Waals surface area contributed by atoms with Crippen LogP contribution in [0.5, 0.6) is 0 Å². The smallest absolute Gasteiger partial charge is 0.0244 e. The number of thioether (sulfide) groups is 1. The van der Waals surface area contributed by atoms with Crippen molar-refractivity contribution < 1.29 is 0 Å². The molecule has 0 aliphatic carbocycles. The fourth-order valence-corrected chi connectivity index (χ4v) is 3.27. The van der Waals surface area contributed by atoms with Crippen LogP contribution in [-0.2, 0) is 0 Å². The molecule has 1 unspecified atom stereocenters. The third-order valence-corrected chi connectivity index (χ3v) is 4.96. The average Bonchev–Trinajstić information content (AvgIpc) is 2.39. The van der Waals surface area contributed by atoms with E-state index in [0.717, 1.165) is 12.5 Å². The van der Waals surface area contributed by atoms with Crippen molar-refractivity contribution in [1.29, 1.82) is 0 Å². The molecule has 19 heavy (non-hydrogen) atoms. The molecule has 0 spiro atoms. The number of nitrogens with one attached hydrogen (secondary N) is 1. The van der Waals surface area contributed by atoms with Gasteiger partial charge in [-0.25, -0.2) is 0 Å². The van der Waals surface area contributed by atoms with Crippen LogP contribution in [0.3, 0.4) is 0 Å². The van der Waals surface area contributed by atoms with Gasteiger partial charge in [0.1, 0.15) is 0 Å². The van der Waals surface area contributed by atoms with Gasteiger partial charge in [-0.05, 0) is 37.4 Å². The van der Waals surface area contributed by atoms with Crippen molar-refractivity contribution in [2.75, 3.05) is 57.8 Å². The lowest BCUT2D eigenvalue weighted by Gasteiger charge is -2.40. The van der Waals surface area contributed by atoms with Gasteiger partial charge in [0, 0.05) is 38.8 Å². The first-order valence-electron chi connectivity index (χ1n) is 7.86. The highest BCUT2D eigenvalue weighted by Gasteiger charge is 2.24. The van der Waals surface area contributed by atoms with Gasteiger partial charge in [-0.3, -0.25) is 4.90 Å². The predicted octanol–water partition coefficient (Wildman–Crippen LogP) is 1.99. The molecule has 1 aliphatic rings. The van der Waals surface area contributed by atoms with E-state index in [1.54, 1.807) is 0 Å². The lowest BCUT2D eigenvalue weighted by molar-refractivity contribution is 0.0878. The summed E-state index contributed by atoms with van der Waals surface area (Å²) in [6, 6.07) is 0.701. The summed E-state index contributed by atoms with van der Waals surface area (Å²) >= 11 is 2.05. The summed E-state index contributed by atoms with van der Waals surface area (Å²) in [6.45, 7) is 14.2. The molecule has 114 valence electrons. The number of rotatable bonds is 9. The van der Waals surface area contributed by atoms with Crippen LogP contribution in [0, 0.1) is 5.92 Å². The first kappa shape index (κ1) is 17.3. The Morgan fingerprint density at radius 3 is 2.42 bits per heavy atom. The van der Waals surface area contributed by atoms with Gasteiger partial charge in [-0.2, -0.15) is 11.8 Å². The second-order valence-corrected chi connectivity index (χ2v) is 7.30. The van der Waals surface area contributed by atoms with Crippen molar-refractivity contribution in [3.63, 3.8) is 0 Å². The van der Waals surface area contributed by atoms with E-state index in [-0.39, 0.29) is 0 Å². The minimum atomic E-state index is 0.701. The molecular formula is C15H33N3S. The predicted molar refractivity (Wildman–Crippen MR) is 88.2 cm³/mol. The molecule has 1 heterocycles. The number of piperazine rings is 1. The van der Waals surface area contributed by atoms with Gasteiger partial charge >= 0.3 is 0 Å². The monoisotopic (exact) mass is 287 g/mol. The molecular weight excluding hydrogens is 254 g/mol. The highest BCUT2D eigenvalue weighted by molar-refractivity contribution is 7.99. The number of nitrogens with zero attached hydrogens (tertiary/aromatic N) is 2. The molecule has 1 saturated heterocycles. The van der Waals surface area contributed by atoms with Gasteiger partial charge in [0.2, 0.25) is 0 Å². The Hall–Kier alpha value is 0.230. The molecule has 0 amide bonds. The van der Waals surface area contributed by atoms with E-state index < -0.39 is 0 Å². The fourth-order valence-electron chi connectivity index (χ4n) is 2.63. The van der Waals surface area contributed by atoms with Crippen LogP contribution in [0.2, 0.25) is 0 Å². The molecule has 0 aromatic carbocycles. The van der Waals surface area contributed by atoms with E-state index in [1.807, 2.05) is 11.8 Å². The molecule has 0 aromatic rings. The summed E-state index contributed by atoms with van der Waals surface area (Å²) in [5.74, 6) is 3.28. The zero-order valence-corrected chi connectivity index (χ0v) is 14.1.